The molecule has 1 aliphatic rings. The van der Waals surface area contributed by atoms with Crippen LogP contribution in [0.3, 0.4) is 0 Å². The molecule has 15 nitrogen and oxygen atoms in total. The van der Waals surface area contributed by atoms with E-state index in [9.17, 15) is 28.8 Å². The van der Waals surface area contributed by atoms with Gasteiger partial charge < -0.3 is 39.6 Å². The number of amides is 5. The van der Waals surface area contributed by atoms with E-state index in [0.29, 0.717) is 32.1 Å². The van der Waals surface area contributed by atoms with Gasteiger partial charge in [0, 0.05) is 24.3 Å². The van der Waals surface area contributed by atoms with Crippen molar-refractivity contribution in [1.82, 2.24) is 15.5 Å². The average molecular weight is 663 g/mol. The number of hydrogen-bond acceptors (Lipinski definition) is 11. The first-order valence-corrected chi connectivity index (χ1v) is 15.5. The van der Waals surface area contributed by atoms with Crippen LogP contribution < -0.4 is 16.0 Å². The van der Waals surface area contributed by atoms with Gasteiger partial charge in [-0.1, -0.05) is 32.9 Å². The van der Waals surface area contributed by atoms with Gasteiger partial charge in [-0.2, -0.15) is 0 Å². The number of imide groups is 1. The Morgan fingerprint density at radius 3 is 1.85 bits per heavy atom. The number of esters is 1. The Morgan fingerprint density at radius 2 is 1.30 bits per heavy atom. The van der Waals surface area contributed by atoms with Gasteiger partial charge in [0.1, 0.15) is 25.3 Å². The zero-order chi connectivity index (χ0) is 34.6. The van der Waals surface area contributed by atoms with Crippen molar-refractivity contribution < 1.29 is 52.5 Å². The first-order chi connectivity index (χ1) is 22.5. The molecule has 1 aromatic rings. The summed E-state index contributed by atoms with van der Waals surface area (Å²) < 4.78 is 26.6. The number of nitrogens with one attached hydrogen (secondary N) is 3. The van der Waals surface area contributed by atoms with Crippen LogP contribution in [0, 0.1) is 5.92 Å². The highest BCUT2D eigenvalue weighted by molar-refractivity contribution is 6.12. The summed E-state index contributed by atoms with van der Waals surface area (Å²) >= 11 is 0. The van der Waals surface area contributed by atoms with Gasteiger partial charge in [0.2, 0.25) is 17.7 Å². The van der Waals surface area contributed by atoms with E-state index in [2.05, 4.69) is 16.0 Å². The molecule has 2 rings (SSSR count). The maximum atomic E-state index is 12.9. The molecular formula is C32H46N4O11. The summed E-state index contributed by atoms with van der Waals surface area (Å²) in [6.07, 6.45) is 2.74. The molecule has 1 aliphatic heterocycles. The topological polar surface area (TPSA) is 188 Å². The van der Waals surface area contributed by atoms with Crippen LogP contribution >= 0.6 is 0 Å². The predicted molar refractivity (Wildman–Crippen MR) is 169 cm³/mol. The second-order valence-corrected chi connectivity index (χ2v) is 10.8. The first-order valence-electron chi connectivity index (χ1n) is 15.5. The molecule has 2 atom stereocenters. The van der Waals surface area contributed by atoms with Crippen molar-refractivity contribution >= 4 is 41.2 Å². The number of ether oxygens (including phenoxy) is 5. The molecule has 5 amide bonds. The third-order valence-electron chi connectivity index (χ3n) is 6.64. The fourth-order valence-electron chi connectivity index (χ4n) is 3.95. The Bertz CT molecular complexity index is 1200. The molecule has 3 N–H and O–H groups in total. The number of carbonyl (C=O) groups is 6. The molecule has 1 aromatic carbocycles. The number of rotatable bonds is 23. The predicted octanol–water partition coefficient (Wildman–Crippen LogP) is 0.715. The van der Waals surface area contributed by atoms with Gasteiger partial charge in [-0.3, -0.25) is 33.7 Å². The van der Waals surface area contributed by atoms with Crippen LogP contribution in [-0.4, -0.2) is 112 Å². The maximum absolute atomic E-state index is 12.9. The second-order valence-electron chi connectivity index (χ2n) is 10.8. The Balaban J connectivity index is 1.55. The van der Waals surface area contributed by atoms with E-state index in [1.807, 2.05) is 0 Å². The number of nitrogens with zero attached hydrogens (tertiary/aromatic N) is 1. The average Bonchev–Trinajstić information content (AvgIpc) is 3.37. The minimum absolute atomic E-state index is 0.138. The molecule has 0 aromatic heterocycles. The Hall–Kier alpha value is -4.18. The number of carbonyl (C=O) groups excluding carboxylic acids is 6. The van der Waals surface area contributed by atoms with E-state index in [4.69, 9.17) is 23.7 Å². The molecular weight excluding hydrogens is 616 g/mol. The van der Waals surface area contributed by atoms with Crippen LogP contribution in [0.5, 0.6) is 0 Å². The summed E-state index contributed by atoms with van der Waals surface area (Å²) in [6, 6.07) is 5.02. The van der Waals surface area contributed by atoms with Crippen LogP contribution in [0.2, 0.25) is 0 Å². The molecule has 0 bridgehead atoms. The lowest BCUT2D eigenvalue weighted by Gasteiger charge is -2.24. The third kappa shape index (κ3) is 15.3. The lowest BCUT2D eigenvalue weighted by molar-refractivity contribution is -0.144. The molecule has 0 radical (unpaired) electrons. The number of benzene rings is 1. The summed E-state index contributed by atoms with van der Waals surface area (Å²) in [7, 11) is 0. The summed E-state index contributed by atoms with van der Waals surface area (Å²) in [6.45, 7) is 8.71. The van der Waals surface area contributed by atoms with E-state index < -0.39 is 29.8 Å². The molecule has 0 fully saturated rings. The van der Waals surface area contributed by atoms with Gasteiger partial charge in [0.15, 0.2) is 0 Å². The van der Waals surface area contributed by atoms with Crippen LogP contribution in [0.4, 0.5) is 5.69 Å². The van der Waals surface area contributed by atoms with Crippen molar-refractivity contribution in [3.8, 4) is 0 Å². The minimum atomic E-state index is -0.883. The van der Waals surface area contributed by atoms with E-state index in [1.165, 1.54) is 19.1 Å². The van der Waals surface area contributed by atoms with E-state index >= 15 is 0 Å². The summed E-state index contributed by atoms with van der Waals surface area (Å²) in [5, 5.41) is 8.00. The van der Waals surface area contributed by atoms with Gasteiger partial charge in [0.25, 0.3) is 11.8 Å². The zero-order valence-corrected chi connectivity index (χ0v) is 27.4. The minimum Gasteiger partial charge on any atom is -0.461 e. The molecule has 260 valence electrons. The number of anilines is 1. The molecule has 0 spiro atoms. The number of hydrogen-bond donors (Lipinski definition) is 3. The second kappa shape index (κ2) is 21.6. The van der Waals surface area contributed by atoms with Crippen LogP contribution in [0.1, 0.15) is 39.7 Å². The lowest BCUT2D eigenvalue weighted by Crippen LogP contribution is -2.54. The quantitative estimate of drug-likeness (QED) is 0.0851. The van der Waals surface area contributed by atoms with Crippen molar-refractivity contribution in [3.63, 3.8) is 0 Å². The molecule has 0 saturated carbocycles. The first kappa shape index (κ1) is 39.0. The van der Waals surface area contributed by atoms with Crippen molar-refractivity contribution in [1.29, 1.82) is 0 Å². The smallest absolute Gasteiger partial charge is 0.305 e. The highest BCUT2D eigenvalue weighted by Gasteiger charge is 2.27. The molecule has 1 heterocycles. The Morgan fingerprint density at radius 1 is 0.745 bits per heavy atom. The lowest BCUT2D eigenvalue weighted by atomic mass is 10.0. The largest absolute Gasteiger partial charge is 0.461 e. The van der Waals surface area contributed by atoms with Crippen LogP contribution in [0.15, 0.2) is 36.4 Å². The molecule has 47 heavy (non-hydrogen) atoms. The van der Waals surface area contributed by atoms with Crippen molar-refractivity contribution in [2.24, 2.45) is 5.92 Å². The highest BCUT2D eigenvalue weighted by Crippen LogP contribution is 2.12. The maximum Gasteiger partial charge on any atom is 0.305 e. The van der Waals surface area contributed by atoms with Crippen molar-refractivity contribution in [3.05, 3.63) is 42.0 Å². The fraction of sp³-hybridized carbons (Fsp3) is 0.562. The van der Waals surface area contributed by atoms with Crippen LogP contribution in [-0.2, 0) is 59.1 Å². The van der Waals surface area contributed by atoms with Gasteiger partial charge in [-0.05, 0) is 30.5 Å². The van der Waals surface area contributed by atoms with E-state index in [1.54, 1.807) is 45.0 Å². The SMILES string of the molecule is CCC(=O)OCc1ccc(NC(=O)[C@H](C)NC(=O)[C@@H](NC(=O)COCCOCCOCCOCCN2C(=O)C=CC2=O)C(C)C)cc1. The Labute approximate surface area is 274 Å². The monoisotopic (exact) mass is 662 g/mol. The summed E-state index contributed by atoms with van der Waals surface area (Å²) in [5.74, 6) is -2.68. The molecule has 0 unspecified atom stereocenters. The van der Waals surface area contributed by atoms with Gasteiger partial charge in [-0.25, -0.2) is 0 Å². The standard InChI is InChI=1S/C32H46N4O11/c1-5-29(40)47-20-24-6-8-25(9-7-24)34-31(41)23(4)33-32(42)30(22(2)3)35-26(37)21-46-19-18-45-17-16-44-15-14-43-13-12-36-27(38)10-11-28(36)39/h6-11,22-23,30H,5,12-21H2,1-4H3,(H,33,42)(H,34,41)(H,35,37)/t23-,30-/m0/s1. The Kier molecular flexibility index (Phi) is 17.9. The van der Waals surface area contributed by atoms with Crippen molar-refractivity contribution in [2.75, 3.05) is 64.7 Å². The zero-order valence-electron chi connectivity index (χ0n) is 27.4. The molecule has 0 saturated heterocycles. The van der Waals surface area contributed by atoms with Crippen LogP contribution in [0.25, 0.3) is 0 Å². The molecule has 0 aliphatic carbocycles. The highest BCUT2D eigenvalue weighted by atomic mass is 16.6. The third-order valence-corrected chi connectivity index (χ3v) is 6.64. The summed E-state index contributed by atoms with van der Waals surface area (Å²) in [5.41, 5.74) is 1.28. The molecule has 15 heteroatoms. The fourth-order valence-corrected chi connectivity index (χ4v) is 3.95. The van der Waals surface area contributed by atoms with Gasteiger partial charge in [-0.15, -0.1) is 0 Å². The normalized spacial score (nSPS) is 13.9. The summed E-state index contributed by atoms with van der Waals surface area (Å²) in [4.78, 5) is 73.2. The van der Waals surface area contributed by atoms with Gasteiger partial charge >= 0.3 is 5.97 Å². The van der Waals surface area contributed by atoms with Gasteiger partial charge in [0.05, 0.1) is 52.8 Å². The van der Waals surface area contributed by atoms with E-state index in [0.717, 1.165) is 10.5 Å². The van der Waals surface area contributed by atoms with E-state index in [-0.39, 0.29) is 69.7 Å². The van der Waals surface area contributed by atoms with Crippen molar-refractivity contribution in [2.45, 2.75) is 52.8 Å².